The number of benzene rings is 2. The van der Waals surface area contributed by atoms with E-state index >= 15 is 0 Å². The van der Waals surface area contributed by atoms with Gasteiger partial charge in [0.2, 0.25) is 0 Å². The molecule has 0 saturated heterocycles. The van der Waals surface area contributed by atoms with Crippen LogP contribution in [-0.4, -0.2) is 31.1 Å². The number of phenols is 1. The number of aromatic hydroxyl groups is 1. The molecule has 2 N–H and O–H groups in total. The van der Waals surface area contributed by atoms with E-state index in [0.717, 1.165) is 17.0 Å². The van der Waals surface area contributed by atoms with E-state index in [1.807, 2.05) is 24.3 Å². The van der Waals surface area contributed by atoms with Gasteiger partial charge in [-0.3, -0.25) is 4.79 Å². The Balaban J connectivity index is 1.84. The van der Waals surface area contributed by atoms with E-state index in [2.05, 4.69) is 5.32 Å². The molecule has 0 amide bonds. The SMILES string of the molecule is COC(=O)C1=C(C)NC2=C(C(=O)C[C@H](c3ccccc3OC)C2)[C@@H]1c1ccccc1O. The number of phenolic OH excluding ortho intramolecular Hbond substituents is 1. The molecule has 1 heterocycles. The molecule has 0 spiro atoms. The van der Waals surface area contributed by atoms with Crippen molar-refractivity contribution in [2.75, 3.05) is 14.2 Å². The molecule has 0 radical (unpaired) electrons. The molecule has 2 aromatic rings. The van der Waals surface area contributed by atoms with Gasteiger partial charge in [0.1, 0.15) is 11.5 Å². The van der Waals surface area contributed by atoms with Crippen LogP contribution >= 0.6 is 0 Å². The molecule has 0 aromatic heterocycles. The van der Waals surface area contributed by atoms with Gasteiger partial charge in [0, 0.05) is 34.9 Å². The number of hydrogen-bond donors (Lipinski definition) is 2. The van der Waals surface area contributed by atoms with Gasteiger partial charge in [-0.2, -0.15) is 0 Å². The second-order valence-corrected chi connectivity index (χ2v) is 7.81. The molecule has 6 nitrogen and oxygen atoms in total. The monoisotopic (exact) mass is 419 g/mol. The summed E-state index contributed by atoms with van der Waals surface area (Å²) in [5.74, 6) is -0.533. The summed E-state index contributed by atoms with van der Waals surface area (Å²) in [6.07, 6.45) is 0.885. The van der Waals surface area contributed by atoms with Gasteiger partial charge in [-0.15, -0.1) is 0 Å². The van der Waals surface area contributed by atoms with Gasteiger partial charge < -0.3 is 19.9 Å². The molecular formula is C25H25NO5. The normalized spacial score (nSPS) is 20.8. The standard InChI is InChI=1S/C25H25NO5/c1-14-22(25(29)31-3)23(17-9-4-6-10-19(17)27)24-18(26-14)12-15(13-20(24)28)16-8-5-7-11-21(16)30-2/h4-11,15,23,26-27H,12-13H2,1-3H3/t15-,23-/m1/s1. The molecule has 2 aromatic carbocycles. The van der Waals surface area contributed by atoms with Gasteiger partial charge in [0.15, 0.2) is 5.78 Å². The summed E-state index contributed by atoms with van der Waals surface area (Å²) >= 11 is 0. The van der Waals surface area contributed by atoms with Crippen molar-refractivity contribution in [3.05, 3.63) is 82.2 Å². The summed E-state index contributed by atoms with van der Waals surface area (Å²) in [6, 6.07) is 14.5. The molecule has 2 aliphatic rings. The molecule has 0 bridgehead atoms. The number of esters is 1. The Kier molecular flexibility index (Phi) is 5.55. The van der Waals surface area contributed by atoms with E-state index in [0.29, 0.717) is 35.2 Å². The number of ether oxygens (including phenoxy) is 2. The van der Waals surface area contributed by atoms with Crippen molar-refractivity contribution in [3.63, 3.8) is 0 Å². The number of ketones is 1. The van der Waals surface area contributed by atoms with Crippen molar-refractivity contribution in [1.82, 2.24) is 5.32 Å². The molecule has 31 heavy (non-hydrogen) atoms. The smallest absolute Gasteiger partial charge is 0.336 e. The van der Waals surface area contributed by atoms with E-state index in [1.165, 1.54) is 7.11 Å². The molecule has 0 saturated carbocycles. The highest BCUT2D eigenvalue weighted by Gasteiger charge is 2.42. The number of carbonyl (C=O) groups excluding carboxylic acids is 2. The molecule has 4 rings (SSSR count). The second kappa shape index (κ2) is 8.30. The number of nitrogens with one attached hydrogen (secondary N) is 1. The van der Waals surface area contributed by atoms with Crippen LogP contribution in [0, 0.1) is 0 Å². The maximum Gasteiger partial charge on any atom is 0.336 e. The van der Waals surface area contributed by atoms with Crippen molar-refractivity contribution in [3.8, 4) is 11.5 Å². The first-order valence-electron chi connectivity index (χ1n) is 10.2. The number of para-hydroxylation sites is 2. The third-order valence-electron chi connectivity index (χ3n) is 6.06. The number of dihydropyridines is 1. The zero-order valence-electron chi connectivity index (χ0n) is 17.8. The predicted octanol–water partition coefficient (Wildman–Crippen LogP) is 3.94. The topological polar surface area (TPSA) is 84.9 Å². The van der Waals surface area contributed by atoms with Gasteiger partial charge in [0.25, 0.3) is 0 Å². The van der Waals surface area contributed by atoms with E-state index < -0.39 is 11.9 Å². The average Bonchev–Trinajstić information content (AvgIpc) is 2.78. The highest BCUT2D eigenvalue weighted by Crippen LogP contribution is 2.48. The first-order chi connectivity index (χ1) is 15.0. The zero-order valence-corrected chi connectivity index (χ0v) is 17.8. The summed E-state index contributed by atoms with van der Waals surface area (Å²) in [4.78, 5) is 26.1. The molecule has 1 aliphatic carbocycles. The quantitative estimate of drug-likeness (QED) is 0.731. The Labute approximate surface area is 181 Å². The van der Waals surface area contributed by atoms with Gasteiger partial charge in [-0.25, -0.2) is 4.79 Å². The summed E-state index contributed by atoms with van der Waals surface area (Å²) in [7, 11) is 2.94. The van der Waals surface area contributed by atoms with E-state index in [9.17, 15) is 14.7 Å². The maximum atomic E-state index is 13.5. The minimum atomic E-state index is -0.684. The molecule has 6 heteroatoms. The van der Waals surface area contributed by atoms with Gasteiger partial charge in [-0.1, -0.05) is 36.4 Å². The van der Waals surface area contributed by atoms with Crippen molar-refractivity contribution >= 4 is 11.8 Å². The molecule has 160 valence electrons. The highest BCUT2D eigenvalue weighted by atomic mass is 16.5. The number of allylic oxidation sites excluding steroid dienone is 3. The second-order valence-electron chi connectivity index (χ2n) is 7.81. The van der Waals surface area contributed by atoms with Crippen LogP contribution in [0.25, 0.3) is 0 Å². The fourth-order valence-electron chi connectivity index (χ4n) is 4.69. The van der Waals surface area contributed by atoms with Crippen LogP contribution in [0.15, 0.2) is 71.1 Å². The molecule has 0 unspecified atom stereocenters. The van der Waals surface area contributed by atoms with E-state index in [-0.39, 0.29) is 17.5 Å². The fourth-order valence-corrected chi connectivity index (χ4v) is 4.69. The van der Waals surface area contributed by atoms with E-state index in [4.69, 9.17) is 9.47 Å². The molecular weight excluding hydrogens is 394 g/mol. The van der Waals surface area contributed by atoms with Crippen LogP contribution in [-0.2, 0) is 14.3 Å². The zero-order chi connectivity index (χ0) is 22.1. The van der Waals surface area contributed by atoms with Crippen molar-refractivity contribution in [2.45, 2.75) is 31.6 Å². The Hall–Kier alpha value is -3.54. The lowest BCUT2D eigenvalue weighted by Gasteiger charge is -2.37. The third-order valence-corrected chi connectivity index (χ3v) is 6.06. The average molecular weight is 419 g/mol. The Morgan fingerprint density at radius 1 is 1.03 bits per heavy atom. The van der Waals surface area contributed by atoms with Crippen molar-refractivity contribution < 1.29 is 24.2 Å². The number of carbonyl (C=O) groups is 2. The van der Waals surface area contributed by atoms with Crippen LogP contribution < -0.4 is 10.1 Å². The minimum Gasteiger partial charge on any atom is -0.508 e. The fraction of sp³-hybridized carbons (Fsp3) is 0.280. The van der Waals surface area contributed by atoms with Gasteiger partial charge >= 0.3 is 5.97 Å². The lowest BCUT2D eigenvalue weighted by molar-refractivity contribution is -0.136. The summed E-state index contributed by atoms with van der Waals surface area (Å²) in [5.41, 5.74) is 3.73. The number of Topliss-reactive ketones (excluding diaryl/α,β-unsaturated/α-hetero) is 1. The summed E-state index contributed by atoms with van der Waals surface area (Å²) in [6.45, 7) is 1.79. The van der Waals surface area contributed by atoms with Crippen LogP contribution in [0.2, 0.25) is 0 Å². The lowest BCUT2D eigenvalue weighted by Crippen LogP contribution is -2.36. The highest BCUT2D eigenvalue weighted by molar-refractivity contribution is 6.04. The lowest BCUT2D eigenvalue weighted by atomic mass is 9.71. The Bertz CT molecular complexity index is 1110. The van der Waals surface area contributed by atoms with Crippen LogP contribution in [0.3, 0.4) is 0 Å². The molecule has 1 aliphatic heterocycles. The van der Waals surface area contributed by atoms with Crippen molar-refractivity contribution in [2.24, 2.45) is 0 Å². The third kappa shape index (κ3) is 3.58. The first kappa shape index (κ1) is 20.7. The molecule has 2 atom stereocenters. The van der Waals surface area contributed by atoms with Crippen LogP contribution in [0.1, 0.15) is 42.7 Å². The van der Waals surface area contributed by atoms with Crippen LogP contribution in [0.5, 0.6) is 11.5 Å². The first-order valence-corrected chi connectivity index (χ1v) is 10.2. The molecule has 0 fully saturated rings. The summed E-state index contributed by atoms with van der Waals surface area (Å²) < 4.78 is 10.5. The van der Waals surface area contributed by atoms with E-state index in [1.54, 1.807) is 38.3 Å². The maximum absolute atomic E-state index is 13.5. The van der Waals surface area contributed by atoms with Gasteiger partial charge in [-0.05, 0) is 31.0 Å². The number of methoxy groups -OCH3 is 2. The van der Waals surface area contributed by atoms with Crippen LogP contribution in [0.4, 0.5) is 0 Å². The number of rotatable bonds is 4. The minimum absolute atomic E-state index is 0.0371. The Morgan fingerprint density at radius 2 is 1.71 bits per heavy atom. The predicted molar refractivity (Wildman–Crippen MR) is 116 cm³/mol. The largest absolute Gasteiger partial charge is 0.508 e. The Morgan fingerprint density at radius 3 is 2.39 bits per heavy atom. The summed E-state index contributed by atoms with van der Waals surface area (Å²) in [5, 5.41) is 13.8. The number of hydrogen-bond acceptors (Lipinski definition) is 6. The van der Waals surface area contributed by atoms with Gasteiger partial charge in [0.05, 0.1) is 25.7 Å². The van der Waals surface area contributed by atoms with Crippen molar-refractivity contribution in [1.29, 1.82) is 0 Å².